The van der Waals surface area contributed by atoms with E-state index in [0.717, 1.165) is 5.56 Å². The number of carboxylic acids is 1. The zero-order valence-electron chi connectivity index (χ0n) is 13.7. The van der Waals surface area contributed by atoms with Gasteiger partial charge in [0.05, 0.1) is 16.1 Å². The summed E-state index contributed by atoms with van der Waals surface area (Å²) in [7, 11) is 0. The van der Waals surface area contributed by atoms with Crippen LogP contribution >= 0.6 is 0 Å². The topological polar surface area (TPSA) is 89.7 Å². The largest absolute Gasteiger partial charge is 0.489 e. The summed E-state index contributed by atoms with van der Waals surface area (Å²) in [5, 5.41) is 20.7. The summed E-state index contributed by atoms with van der Waals surface area (Å²) < 4.78 is 5.74. The SMILES string of the molecule is O=C(O)c1cccc([N+](=O)[O-])c1-c1cccc(OCc2ccccc2)c1. The molecular weight excluding hydrogens is 334 g/mol. The molecule has 26 heavy (non-hydrogen) atoms. The van der Waals surface area contributed by atoms with E-state index < -0.39 is 10.9 Å². The van der Waals surface area contributed by atoms with Crippen LogP contribution < -0.4 is 4.74 Å². The first-order valence-corrected chi connectivity index (χ1v) is 7.84. The lowest BCUT2D eigenvalue weighted by molar-refractivity contribution is -0.384. The van der Waals surface area contributed by atoms with Crippen LogP contribution in [0.25, 0.3) is 11.1 Å². The number of carbonyl (C=O) groups is 1. The van der Waals surface area contributed by atoms with Crippen LogP contribution in [0.3, 0.4) is 0 Å². The average Bonchev–Trinajstić information content (AvgIpc) is 2.66. The first kappa shape index (κ1) is 17.2. The van der Waals surface area contributed by atoms with Gasteiger partial charge in [0, 0.05) is 6.07 Å². The fourth-order valence-electron chi connectivity index (χ4n) is 2.66. The van der Waals surface area contributed by atoms with Gasteiger partial charge in [0.1, 0.15) is 12.4 Å². The van der Waals surface area contributed by atoms with Gasteiger partial charge >= 0.3 is 5.97 Å². The standard InChI is InChI=1S/C20H15NO5/c22-20(23)17-10-5-11-18(21(24)25)19(17)15-8-4-9-16(12-15)26-13-14-6-2-1-3-7-14/h1-12H,13H2,(H,22,23). The van der Waals surface area contributed by atoms with Crippen LogP contribution in [-0.4, -0.2) is 16.0 Å². The molecule has 0 aliphatic carbocycles. The Morgan fingerprint density at radius 1 is 1.00 bits per heavy atom. The first-order chi connectivity index (χ1) is 12.6. The van der Waals surface area contributed by atoms with Crippen LogP contribution in [0.4, 0.5) is 5.69 Å². The smallest absolute Gasteiger partial charge is 0.336 e. The Bertz CT molecular complexity index is 921. The third-order valence-corrected chi connectivity index (χ3v) is 3.84. The number of aromatic carboxylic acids is 1. The van der Waals surface area contributed by atoms with Gasteiger partial charge in [0.15, 0.2) is 0 Å². The Morgan fingerprint density at radius 3 is 2.42 bits per heavy atom. The Labute approximate surface area is 149 Å². The second-order valence-corrected chi connectivity index (χ2v) is 5.56. The van der Waals surface area contributed by atoms with E-state index in [4.69, 9.17) is 4.74 Å². The molecule has 0 amide bonds. The summed E-state index contributed by atoms with van der Waals surface area (Å²) in [6.07, 6.45) is 0. The lowest BCUT2D eigenvalue weighted by atomic mass is 9.97. The number of hydrogen-bond donors (Lipinski definition) is 1. The molecule has 0 spiro atoms. The molecule has 0 unspecified atom stereocenters. The van der Waals surface area contributed by atoms with E-state index in [-0.39, 0.29) is 16.8 Å². The second-order valence-electron chi connectivity index (χ2n) is 5.56. The van der Waals surface area contributed by atoms with Gasteiger partial charge in [0.25, 0.3) is 5.69 Å². The number of nitro groups is 1. The van der Waals surface area contributed by atoms with E-state index in [1.54, 1.807) is 24.3 Å². The minimum Gasteiger partial charge on any atom is -0.489 e. The maximum atomic E-state index is 11.5. The molecule has 0 saturated heterocycles. The zero-order valence-corrected chi connectivity index (χ0v) is 13.7. The number of rotatable bonds is 6. The molecule has 0 fully saturated rings. The minimum absolute atomic E-state index is 0.0650. The second kappa shape index (κ2) is 7.48. The highest BCUT2D eigenvalue weighted by Crippen LogP contribution is 2.35. The van der Waals surface area contributed by atoms with Crippen molar-refractivity contribution in [2.45, 2.75) is 6.61 Å². The number of ether oxygens (including phenoxy) is 1. The van der Waals surface area contributed by atoms with Gasteiger partial charge in [-0.1, -0.05) is 48.5 Å². The predicted molar refractivity (Wildman–Crippen MR) is 96.3 cm³/mol. The number of nitro benzene ring substituents is 1. The van der Waals surface area contributed by atoms with Crippen molar-refractivity contribution in [3.8, 4) is 16.9 Å². The van der Waals surface area contributed by atoms with E-state index in [1.165, 1.54) is 18.2 Å². The fourth-order valence-corrected chi connectivity index (χ4v) is 2.66. The Kier molecular flexibility index (Phi) is 4.94. The van der Waals surface area contributed by atoms with Crippen molar-refractivity contribution in [1.82, 2.24) is 0 Å². The van der Waals surface area contributed by atoms with E-state index in [0.29, 0.717) is 17.9 Å². The molecule has 0 aromatic heterocycles. The zero-order chi connectivity index (χ0) is 18.5. The van der Waals surface area contributed by atoms with Gasteiger partial charge < -0.3 is 9.84 Å². The van der Waals surface area contributed by atoms with Crippen molar-refractivity contribution in [2.24, 2.45) is 0 Å². The van der Waals surface area contributed by atoms with Crippen LogP contribution in [0, 0.1) is 10.1 Å². The van der Waals surface area contributed by atoms with Gasteiger partial charge in [-0.25, -0.2) is 4.79 Å². The Hall–Kier alpha value is -3.67. The maximum absolute atomic E-state index is 11.5. The van der Waals surface area contributed by atoms with Crippen LogP contribution in [0.15, 0.2) is 72.8 Å². The van der Waals surface area contributed by atoms with E-state index in [9.17, 15) is 20.0 Å². The number of carboxylic acid groups (broad SMARTS) is 1. The number of nitrogens with zero attached hydrogens (tertiary/aromatic N) is 1. The van der Waals surface area contributed by atoms with Crippen molar-refractivity contribution in [2.75, 3.05) is 0 Å². The van der Waals surface area contributed by atoms with Crippen molar-refractivity contribution in [3.05, 3.63) is 94.0 Å². The summed E-state index contributed by atoms with van der Waals surface area (Å²) in [5.74, 6) is -0.722. The summed E-state index contributed by atoms with van der Waals surface area (Å²) in [6, 6.07) is 20.2. The lowest BCUT2D eigenvalue weighted by Crippen LogP contribution is -2.03. The molecule has 3 aromatic rings. The summed E-state index contributed by atoms with van der Waals surface area (Å²) in [6.45, 7) is 0.340. The van der Waals surface area contributed by atoms with Gasteiger partial charge in [-0.05, 0) is 29.3 Å². The molecule has 6 heteroatoms. The summed E-state index contributed by atoms with van der Waals surface area (Å²) >= 11 is 0. The van der Waals surface area contributed by atoms with Crippen LogP contribution in [0.5, 0.6) is 5.75 Å². The lowest BCUT2D eigenvalue weighted by Gasteiger charge is -2.10. The van der Waals surface area contributed by atoms with Crippen molar-refractivity contribution >= 4 is 11.7 Å². The minimum atomic E-state index is -1.22. The molecule has 0 aliphatic rings. The molecule has 0 saturated carbocycles. The van der Waals surface area contributed by atoms with Gasteiger partial charge in [-0.3, -0.25) is 10.1 Å². The third-order valence-electron chi connectivity index (χ3n) is 3.84. The molecule has 0 atom stereocenters. The maximum Gasteiger partial charge on any atom is 0.336 e. The number of hydrogen-bond acceptors (Lipinski definition) is 4. The van der Waals surface area contributed by atoms with Crippen LogP contribution in [0.1, 0.15) is 15.9 Å². The van der Waals surface area contributed by atoms with Gasteiger partial charge in [0.2, 0.25) is 0 Å². The average molecular weight is 349 g/mol. The van der Waals surface area contributed by atoms with Gasteiger partial charge in [-0.2, -0.15) is 0 Å². The summed E-state index contributed by atoms with van der Waals surface area (Å²) in [5.41, 5.74) is 1.08. The highest BCUT2D eigenvalue weighted by atomic mass is 16.6. The van der Waals surface area contributed by atoms with Crippen LogP contribution in [0.2, 0.25) is 0 Å². The highest BCUT2D eigenvalue weighted by molar-refractivity contribution is 5.99. The molecule has 6 nitrogen and oxygen atoms in total. The third kappa shape index (κ3) is 3.70. The molecule has 3 aromatic carbocycles. The van der Waals surface area contributed by atoms with E-state index in [2.05, 4.69) is 0 Å². The normalized spacial score (nSPS) is 10.3. The molecule has 0 radical (unpaired) electrons. The number of benzene rings is 3. The van der Waals surface area contributed by atoms with E-state index >= 15 is 0 Å². The van der Waals surface area contributed by atoms with E-state index in [1.807, 2.05) is 30.3 Å². The monoisotopic (exact) mass is 349 g/mol. The molecule has 1 N–H and O–H groups in total. The molecule has 3 rings (SSSR count). The molecule has 130 valence electrons. The van der Waals surface area contributed by atoms with Crippen LogP contribution in [-0.2, 0) is 6.61 Å². The molecule has 0 heterocycles. The fraction of sp³-hybridized carbons (Fsp3) is 0.0500. The molecular formula is C20H15NO5. The Balaban J connectivity index is 1.98. The Morgan fingerprint density at radius 2 is 1.73 bits per heavy atom. The van der Waals surface area contributed by atoms with Crippen molar-refractivity contribution in [1.29, 1.82) is 0 Å². The van der Waals surface area contributed by atoms with Crippen molar-refractivity contribution < 1.29 is 19.6 Å². The van der Waals surface area contributed by atoms with Gasteiger partial charge in [-0.15, -0.1) is 0 Å². The molecule has 0 bridgehead atoms. The predicted octanol–water partition coefficient (Wildman–Crippen LogP) is 4.54. The first-order valence-electron chi connectivity index (χ1n) is 7.84. The van der Waals surface area contributed by atoms with Crippen molar-refractivity contribution in [3.63, 3.8) is 0 Å². The quantitative estimate of drug-likeness (QED) is 0.521. The molecule has 0 aliphatic heterocycles. The summed E-state index contributed by atoms with van der Waals surface area (Å²) in [4.78, 5) is 22.3. The highest BCUT2D eigenvalue weighted by Gasteiger charge is 2.22.